The third-order valence-corrected chi connectivity index (χ3v) is 8.85. The third-order valence-electron chi connectivity index (χ3n) is 7.23. The minimum absolute atomic E-state index is 0.0688. The van der Waals surface area contributed by atoms with Gasteiger partial charge in [0.05, 0.1) is 19.5 Å². The maximum atomic E-state index is 14.2. The molecule has 4 atom stereocenters. The number of hydrogen-bond donors (Lipinski definition) is 2. The number of rotatable bonds is 13. The van der Waals surface area contributed by atoms with E-state index in [2.05, 4.69) is 20.1 Å². The van der Waals surface area contributed by atoms with Crippen molar-refractivity contribution >= 4 is 36.2 Å². The number of nitrogens with zero attached hydrogens (tertiary/aromatic N) is 4. The van der Waals surface area contributed by atoms with Gasteiger partial charge >= 0.3 is 13.6 Å². The fourth-order valence-corrected chi connectivity index (χ4v) is 6.80. The molecule has 0 bridgehead atoms. The molecule has 2 aliphatic heterocycles. The topological polar surface area (TPSA) is 166 Å². The van der Waals surface area contributed by atoms with Gasteiger partial charge < -0.3 is 23.7 Å². The van der Waals surface area contributed by atoms with Crippen molar-refractivity contribution < 1.29 is 37.6 Å². The molecule has 0 saturated carbocycles. The standard InChI is InChI=1S/C30H35N6O9P/c1-20(37)41-15-14-40-19-35-17-32-27-24(28(35)38)31-18-36(27)29-26-25(44-30(2,3)45-26)23(43-29)16-42-46(39,33-21-10-6-4-7-11-21)34-22-12-8-5-9-13-22/h4-13,17-18,23,25-26,29H,14-16,19H2,1-3H3,(H2,33,34,39)/t23-,25-,26-,29-/m1/s1. The van der Waals surface area contributed by atoms with Crippen LogP contribution in [0.3, 0.4) is 0 Å². The fourth-order valence-electron chi connectivity index (χ4n) is 5.28. The Bertz CT molecular complexity index is 1720. The first-order valence-electron chi connectivity index (χ1n) is 14.7. The van der Waals surface area contributed by atoms with Crippen molar-refractivity contribution in [1.82, 2.24) is 19.1 Å². The monoisotopic (exact) mass is 654 g/mol. The highest BCUT2D eigenvalue weighted by atomic mass is 31.2. The van der Waals surface area contributed by atoms with Gasteiger partial charge in [-0.3, -0.25) is 33.4 Å². The van der Waals surface area contributed by atoms with Gasteiger partial charge in [0.15, 0.2) is 23.2 Å². The molecule has 244 valence electrons. The Labute approximate surface area is 264 Å². The van der Waals surface area contributed by atoms with Crippen molar-refractivity contribution in [1.29, 1.82) is 0 Å². The molecule has 2 aliphatic rings. The maximum absolute atomic E-state index is 14.2. The highest BCUT2D eigenvalue weighted by Crippen LogP contribution is 2.49. The first-order valence-corrected chi connectivity index (χ1v) is 16.3. The zero-order chi connectivity index (χ0) is 32.3. The average molecular weight is 655 g/mol. The molecule has 6 rings (SSSR count). The molecule has 0 aliphatic carbocycles. The van der Waals surface area contributed by atoms with Crippen LogP contribution in [-0.2, 0) is 44.3 Å². The first kappa shape index (κ1) is 31.9. The summed E-state index contributed by atoms with van der Waals surface area (Å²) in [6.07, 6.45) is 0.117. The number of carbonyl (C=O) groups excluding carboxylic acids is 1. The molecular formula is C30H35N6O9P. The number of ether oxygens (including phenoxy) is 5. The van der Waals surface area contributed by atoms with E-state index in [1.165, 1.54) is 24.1 Å². The molecule has 15 nitrogen and oxygen atoms in total. The number of hydrogen-bond acceptors (Lipinski definition) is 11. The number of anilines is 2. The smallest absolute Gasteiger partial charge is 0.391 e. The van der Waals surface area contributed by atoms with Crippen LogP contribution in [0.2, 0.25) is 0 Å². The summed E-state index contributed by atoms with van der Waals surface area (Å²) in [6.45, 7) is 4.86. The Morgan fingerprint density at radius 3 is 2.26 bits per heavy atom. The van der Waals surface area contributed by atoms with Gasteiger partial charge in [0.2, 0.25) is 0 Å². The number of carbonyl (C=O) groups is 1. The van der Waals surface area contributed by atoms with Gasteiger partial charge in [-0.1, -0.05) is 36.4 Å². The lowest BCUT2D eigenvalue weighted by Gasteiger charge is -2.26. The van der Waals surface area contributed by atoms with E-state index in [1.54, 1.807) is 42.7 Å². The normalized spacial score (nSPS) is 22.1. The molecule has 16 heteroatoms. The predicted octanol–water partition coefficient (Wildman–Crippen LogP) is 3.90. The molecule has 0 amide bonds. The summed E-state index contributed by atoms with van der Waals surface area (Å²) < 4.78 is 52.3. The van der Waals surface area contributed by atoms with Gasteiger partial charge in [-0.2, -0.15) is 0 Å². The SMILES string of the molecule is CC(=O)OCCOCn1cnc2c(ncn2[C@@H]2O[C@H](COP(=O)(Nc3ccccc3)Nc3ccccc3)[C@H]3OC(C)(C)O[C@H]32)c1=O. The van der Waals surface area contributed by atoms with Gasteiger partial charge in [-0.15, -0.1) is 0 Å². The number of para-hydroxylation sites is 2. The van der Waals surface area contributed by atoms with Crippen LogP contribution in [0.5, 0.6) is 0 Å². The molecule has 2 aromatic heterocycles. The van der Waals surface area contributed by atoms with Gasteiger partial charge in [0.1, 0.15) is 38.0 Å². The van der Waals surface area contributed by atoms with Crippen molar-refractivity contribution in [2.45, 2.75) is 57.8 Å². The molecule has 2 N–H and O–H groups in total. The van der Waals surface area contributed by atoms with Crippen molar-refractivity contribution in [2.75, 3.05) is 30.0 Å². The second-order valence-electron chi connectivity index (χ2n) is 11.2. The van der Waals surface area contributed by atoms with Crippen LogP contribution in [0.1, 0.15) is 27.0 Å². The summed E-state index contributed by atoms with van der Waals surface area (Å²) in [4.78, 5) is 32.8. The number of nitrogens with one attached hydrogen (secondary N) is 2. The van der Waals surface area contributed by atoms with Gasteiger partial charge in [-0.05, 0) is 38.1 Å². The minimum atomic E-state index is -3.72. The first-order chi connectivity index (χ1) is 22.1. The van der Waals surface area contributed by atoms with Crippen LogP contribution in [0.25, 0.3) is 11.2 Å². The van der Waals surface area contributed by atoms with Crippen LogP contribution >= 0.6 is 7.67 Å². The zero-order valence-corrected chi connectivity index (χ0v) is 26.4. The van der Waals surface area contributed by atoms with E-state index in [1.807, 2.05) is 36.4 Å². The largest absolute Gasteiger partial charge is 0.463 e. The van der Waals surface area contributed by atoms with E-state index in [0.717, 1.165) is 0 Å². The van der Waals surface area contributed by atoms with Crippen molar-refractivity contribution in [3.8, 4) is 0 Å². The molecular weight excluding hydrogens is 619 g/mol. The van der Waals surface area contributed by atoms with Crippen LogP contribution in [-0.4, -0.2) is 69.0 Å². The van der Waals surface area contributed by atoms with E-state index in [4.69, 9.17) is 28.2 Å². The molecule has 2 aromatic carbocycles. The van der Waals surface area contributed by atoms with E-state index < -0.39 is 49.5 Å². The molecule has 2 saturated heterocycles. The van der Waals surface area contributed by atoms with E-state index in [-0.39, 0.29) is 37.7 Å². The molecule has 0 radical (unpaired) electrons. The molecule has 0 unspecified atom stereocenters. The Morgan fingerprint density at radius 1 is 0.957 bits per heavy atom. The molecule has 0 spiro atoms. The molecule has 4 heterocycles. The van der Waals surface area contributed by atoms with E-state index >= 15 is 0 Å². The Balaban J connectivity index is 1.20. The van der Waals surface area contributed by atoms with Crippen LogP contribution < -0.4 is 15.7 Å². The molecule has 2 fully saturated rings. The lowest BCUT2D eigenvalue weighted by molar-refractivity contribution is -0.198. The third kappa shape index (κ3) is 7.15. The maximum Gasteiger partial charge on any atom is 0.391 e. The second-order valence-corrected chi connectivity index (χ2v) is 13.0. The van der Waals surface area contributed by atoms with Crippen molar-refractivity contribution in [3.05, 3.63) is 83.7 Å². The number of aromatic nitrogens is 4. The van der Waals surface area contributed by atoms with Gasteiger partial charge in [0.25, 0.3) is 5.56 Å². The molecule has 4 aromatic rings. The zero-order valence-electron chi connectivity index (χ0n) is 25.5. The summed E-state index contributed by atoms with van der Waals surface area (Å²) in [5.41, 5.74) is 1.18. The lowest BCUT2D eigenvalue weighted by atomic mass is 10.1. The number of imidazole rings is 1. The highest BCUT2D eigenvalue weighted by molar-refractivity contribution is 7.62. The van der Waals surface area contributed by atoms with Crippen LogP contribution in [0.15, 0.2) is 78.1 Å². The van der Waals surface area contributed by atoms with Crippen LogP contribution in [0, 0.1) is 0 Å². The van der Waals surface area contributed by atoms with Gasteiger partial charge in [-0.25, -0.2) is 14.5 Å². The summed E-state index contributed by atoms with van der Waals surface area (Å²) >= 11 is 0. The Kier molecular flexibility index (Phi) is 9.22. The summed E-state index contributed by atoms with van der Waals surface area (Å²) in [6, 6.07) is 18.2. The molecule has 46 heavy (non-hydrogen) atoms. The second kappa shape index (κ2) is 13.3. The summed E-state index contributed by atoms with van der Waals surface area (Å²) in [5.74, 6) is -1.36. The summed E-state index contributed by atoms with van der Waals surface area (Å²) in [5, 5.41) is 6.01. The van der Waals surface area contributed by atoms with Crippen molar-refractivity contribution in [2.24, 2.45) is 0 Å². The van der Waals surface area contributed by atoms with E-state index in [9.17, 15) is 14.2 Å². The quantitative estimate of drug-likeness (QED) is 0.121. The highest BCUT2D eigenvalue weighted by Gasteiger charge is 2.56. The lowest BCUT2D eigenvalue weighted by Crippen LogP contribution is -2.33. The predicted molar refractivity (Wildman–Crippen MR) is 166 cm³/mol. The number of esters is 1. The number of fused-ring (bicyclic) bond motifs is 2. The number of benzene rings is 2. The summed E-state index contributed by atoms with van der Waals surface area (Å²) in [7, 11) is -3.72. The fraction of sp³-hybridized carbons (Fsp3) is 0.400. The Morgan fingerprint density at radius 2 is 1.61 bits per heavy atom. The Hall–Kier alpha value is -4.11. The van der Waals surface area contributed by atoms with Crippen LogP contribution in [0.4, 0.5) is 11.4 Å². The average Bonchev–Trinajstić information content (AvgIpc) is 3.68. The van der Waals surface area contributed by atoms with Crippen molar-refractivity contribution in [3.63, 3.8) is 0 Å². The van der Waals surface area contributed by atoms with E-state index in [0.29, 0.717) is 11.4 Å². The van der Waals surface area contributed by atoms with Gasteiger partial charge in [0, 0.05) is 18.3 Å². The minimum Gasteiger partial charge on any atom is -0.463 e.